The van der Waals surface area contributed by atoms with Crippen molar-refractivity contribution in [2.45, 2.75) is 6.18 Å². The van der Waals surface area contributed by atoms with Crippen molar-refractivity contribution in [3.05, 3.63) is 29.3 Å². The molecule has 0 N–H and O–H groups in total. The Hall–Kier alpha value is -2.72. The number of nitriles is 3. The lowest BCUT2D eigenvalue weighted by Crippen LogP contribution is -2.25. The summed E-state index contributed by atoms with van der Waals surface area (Å²) in [5.74, 6) is 0. The van der Waals surface area contributed by atoms with Gasteiger partial charge in [-0.15, -0.1) is 0 Å². The van der Waals surface area contributed by atoms with Gasteiger partial charge in [-0.2, -0.15) is 29.0 Å². The maximum Gasteiger partial charge on any atom is 0.416 e. The van der Waals surface area contributed by atoms with Crippen LogP contribution in [0.3, 0.4) is 0 Å². The van der Waals surface area contributed by atoms with E-state index >= 15 is 0 Å². The molecule has 0 amide bonds. The Morgan fingerprint density at radius 2 is 1.63 bits per heavy atom. The van der Waals surface area contributed by atoms with E-state index in [-0.39, 0.29) is 24.3 Å². The van der Waals surface area contributed by atoms with Crippen molar-refractivity contribution in [2.24, 2.45) is 0 Å². The largest absolute Gasteiger partial charge is 0.416 e. The SMILES string of the molecule is N#CCN(CC#N)c1ccc(C(F)(F)F)cc1C#N. The molecule has 0 aromatic heterocycles. The van der Waals surface area contributed by atoms with Gasteiger partial charge in [0.1, 0.15) is 19.2 Å². The van der Waals surface area contributed by atoms with E-state index in [1.54, 1.807) is 18.2 Å². The summed E-state index contributed by atoms with van der Waals surface area (Å²) in [5, 5.41) is 26.1. The van der Waals surface area contributed by atoms with E-state index in [0.29, 0.717) is 6.07 Å². The van der Waals surface area contributed by atoms with Crippen LogP contribution in [0.15, 0.2) is 18.2 Å². The Labute approximate surface area is 107 Å². The molecule has 0 heterocycles. The molecule has 1 rings (SSSR count). The highest BCUT2D eigenvalue weighted by molar-refractivity contribution is 5.61. The number of anilines is 1. The Balaban J connectivity index is 3.27. The zero-order valence-electron chi connectivity index (χ0n) is 9.57. The molecule has 0 fully saturated rings. The van der Waals surface area contributed by atoms with E-state index in [9.17, 15) is 13.2 Å². The summed E-state index contributed by atoms with van der Waals surface area (Å²) in [5.41, 5.74) is -1.03. The Morgan fingerprint density at radius 3 is 2.05 bits per heavy atom. The Bertz CT molecular complexity index is 571. The highest BCUT2D eigenvalue weighted by Crippen LogP contribution is 2.32. The smallest absolute Gasteiger partial charge is 0.344 e. The van der Waals surface area contributed by atoms with E-state index in [1.165, 1.54) is 4.90 Å². The van der Waals surface area contributed by atoms with Crippen molar-refractivity contribution in [3.8, 4) is 18.2 Å². The molecule has 0 saturated heterocycles. The summed E-state index contributed by atoms with van der Waals surface area (Å²) in [4.78, 5) is 1.23. The molecular weight excluding hydrogens is 257 g/mol. The lowest BCUT2D eigenvalue weighted by Gasteiger charge is -2.20. The fraction of sp³-hybridized carbons (Fsp3) is 0.250. The van der Waals surface area contributed by atoms with Gasteiger partial charge >= 0.3 is 6.18 Å². The molecular formula is C12H7F3N4. The molecule has 0 aliphatic rings. The van der Waals surface area contributed by atoms with Crippen LogP contribution in [0.2, 0.25) is 0 Å². The number of alkyl halides is 3. The highest BCUT2D eigenvalue weighted by atomic mass is 19.4. The minimum Gasteiger partial charge on any atom is -0.344 e. The average Bonchev–Trinajstić information content (AvgIpc) is 2.36. The van der Waals surface area contributed by atoms with E-state index in [4.69, 9.17) is 15.8 Å². The van der Waals surface area contributed by atoms with Crippen LogP contribution in [0.25, 0.3) is 0 Å². The van der Waals surface area contributed by atoms with Gasteiger partial charge in [0.05, 0.1) is 29.0 Å². The molecule has 7 heteroatoms. The van der Waals surface area contributed by atoms with E-state index in [2.05, 4.69) is 0 Å². The molecule has 0 aliphatic carbocycles. The van der Waals surface area contributed by atoms with Crippen molar-refractivity contribution in [3.63, 3.8) is 0 Å². The summed E-state index contributed by atoms with van der Waals surface area (Å²) in [6.07, 6.45) is -4.54. The maximum absolute atomic E-state index is 12.5. The van der Waals surface area contributed by atoms with Gasteiger partial charge in [0, 0.05) is 0 Å². The normalized spacial score (nSPS) is 10.1. The molecule has 0 radical (unpaired) electrons. The first-order valence-electron chi connectivity index (χ1n) is 5.04. The zero-order chi connectivity index (χ0) is 14.5. The van der Waals surface area contributed by atoms with Crippen LogP contribution in [0.5, 0.6) is 0 Å². The fourth-order valence-corrected chi connectivity index (χ4v) is 1.47. The number of nitrogens with zero attached hydrogens (tertiary/aromatic N) is 4. The van der Waals surface area contributed by atoms with Gasteiger partial charge in [0.2, 0.25) is 0 Å². The van der Waals surface area contributed by atoms with Crippen LogP contribution >= 0.6 is 0 Å². The van der Waals surface area contributed by atoms with Gasteiger partial charge in [0.15, 0.2) is 0 Å². The molecule has 0 saturated carbocycles. The fourth-order valence-electron chi connectivity index (χ4n) is 1.47. The van der Waals surface area contributed by atoms with Crippen LogP contribution in [0, 0.1) is 34.0 Å². The molecule has 0 bridgehead atoms. The number of benzene rings is 1. The van der Waals surface area contributed by atoms with Crippen LogP contribution in [0.1, 0.15) is 11.1 Å². The molecule has 0 spiro atoms. The van der Waals surface area contributed by atoms with Gasteiger partial charge in [-0.05, 0) is 18.2 Å². The molecule has 0 atom stereocenters. The summed E-state index contributed by atoms with van der Waals surface area (Å²) in [6.45, 7) is -0.374. The second-order valence-electron chi connectivity index (χ2n) is 3.51. The zero-order valence-corrected chi connectivity index (χ0v) is 9.57. The summed E-state index contributed by atoms with van der Waals surface area (Å²) >= 11 is 0. The van der Waals surface area contributed by atoms with Crippen LogP contribution in [0.4, 0.5) is 18.9 Å². The predicted molar refractivity (Wildman–Crippen MR) is 59.6 cm³/mol. The summed E-state index contributed by atoms with van der Waals surface area (Å²) < 4.78 is 37.5. The van der Waals surface area contributed by atoms with Crippen molar-refractivity contribution in [2.75, 3.05) is 18.0 Å². The first-order chi connectivity index (χ1) is 8.93. The molecule has 1 aromatic rings. The topological polar surface area (TPSA) is 74.6 Å². The second-order valence-corrected chi connectivity index (χ2v) is 3.51. The molecule has 0 unspecified atom stereocenters. The van der Waals surface area contributed by atoms with E-state index in [1.807, 2.05) is 0 Å². The van der Waals surface area contributed by atoms with Crippen LogP contribution in [-0.2, 0) is 6.18 Å². The van der Waals surface area contributed by atoms with Gasteiger partial charge < -0.3 is 4.90 Å². The van der Waals surface area contributed by atoms with Gasteiger partial charge in [-0.1, -0.05) is 0 Å². The van der Waals surface area contributed by atoms with Crippen LogP contribution < -0.4 is 4.90 Å². The lowest BCUT2D eigenvalue weighted by atomic mass is 10.1. The van der Waals surface area contributed by atoms with Gasteiger partial charge in [-0.3, -0.25) is 0 Å². The number of hydrogen-bond acceptors (Lipinski definition) is 4. The third-order valence-corrected chi connectivity index (χ3v) is 2.31. The number of hydrogen-bond donors (Lipinski definition) is 0. The second kappa shape index (κ2) is 5.75. The lowest BCUT2D eigenvalue weighted by molar-refractivity contribution is -0.137. The standard InChI is InChI=1S/C12H7F3N4/c13-12(14,15)10-1-2-11(9(7-10)8-18)19(5-3-16)6-4-17/h1-2,7H,5-6H2. The summed E-state index contributed by atoms with van der Waals surface area (Å²) in [7, 11) is 0. The van der Waals surface area contributed by atoms with Crippen molar-refractivity contribution in [1.82, 2.24) is 0 Å². The van der Waals surface area contributed by atoms with Crippen molar-refractivity contribution >= 4 is 5.69 Å². The van der Waals surface area contributed by atoms with Gasteiger partial charge in [-0.25, -0.2) is 0 Å². The van der Waals surface area contributed by atoms with Gasteiger partial charge in [0.25, 0.3) is 0 Å². The molecule has 0 aliphatic heterocycles. The average molecular weight is 264 g/mol. The van der Waals surface area contributed by atoms with Crippen molar-refractivity contribution < 1.29 is 13.2 Å². The maximum atomic E-state index is 12.5. The van der Waals surface area contributed by atoms with E-state index < -0.39 is 11.7 Å². The summed E-state index contributed by atoms with van der Waals surface area (Å²) in [6, 6.07) is 7.84. The number of rotatable bonds is 3. The first kappa shape index (κ1) is 14.3. The molecule has 96 valence electrons. The number of halogens is 3. The third kappa shape index (κ3) is 3.37. The van der Waals surface area contributed by atoms with Crippen LogP contribution in [-0.4, -0.2) is 13.1 Å². The predicted octanol–water partition coefficient (Wildman–Crippen LogP) is 2.43. The first-order valence-corrected chi connectivity index (χ1v) is 5.04. The monoisotopic (exact) mass is 264 g/mol. The minimum atomic E-state index is -4.54. The Morgan fingerprint density at radius 1 is 1.05 bits per heavy atom. The van der Waals surface area contributed by atoms with Crippen molar-refractivity contribution in [1.29, 1.82) is 15.8 Å². The molecule has 4 nitrogen and oxygen atoms in total. The van der Waals surface area contributed by atoms with E-state index in [0.717, 1.165) is 12.1 Å². The highest BCUT2D eigenvalue weighted by Gasteiger charge is 2.31. The third-order valence-electron chi connectivity index (χ3n) is 2.31. The molecule has 1 aromatic carbocycles. The Kier molecular flexibility index (Phi) is 4.34. The minimum absolute atomic E-state index is 0.138. The quantitative estimate of drug-likeness (QED) is 0.786. The molecule has 19 heavy (non-hydrogen) atoms.